The van der Waals surface area contributed by atoms with Gasteiger partial charge in [-0.25, -0.2) is 0 Å². The molecule has 6 heteroatoms. The number of hydrogen-bond donors (Lipinski definition) is 2. The molecule has 0 spiro atoms. The molecule has 2 N–H and O–H groups in total. The summed E-state index contributed by atoms with van der Waals surface area (Å²) < 4.78 is 0. The van der Waals surface area contributed by atoms with Crippen LogP contribution in [0.1, 0.15) is 21.7 Å². The molecule has 0 aromatic carbocycles. The first kappa shape index (κ1) is 15.2. The second-order valence-electron chi connectivity index (χ2n) is 3.95. The number of hydrogen-bond acceptors (Lipinski definition) is 4. The van der Waals surface area contributed by atoms with Crippen molar-refractivity contribution in [1.29, 1.82) is 0 Å². The Bertz CT molecular complexity index is 511. The molecule has 1 aromatic rings. The smallest absolute Gasteiger partial charge is 0.252 e. The lowest BCUT2D eigenvalue weighted by molar-refractivity contribution is -0.127. The van der Waals surface area contributed by atoms with Gasteiger partial charge < -0.3 is 15.3 Å². The number of likely N-dealkylation sites (N-methyl/N-ethyl adjacent to an activating group) is 1. The van der Waals surface area contributed by atoms with Crippen molar-refractivity contribution in [2.45, 2.75) is 6.42 Å². The molecule has 1 rings (SSSR count). The van der Waals surface area contributed by atoms with Crippen molar-refractivity contribution in [2.24, 2.45) is 0 Å². The van der Waals surface area contributed by atoms with Gasteiger partial charge in [0.2, 0.25) is 5.91 Å². The van der Waals surface area contributed by atoms with Crippen LogP contribution < -0.4 is 5.32 Å². The summed E-state index contributed by atoms with van der Waals surface area (Å²) in [6.07, 6.45) is 0.413. The third kappa shape index (κ3) is 5.12. The monoisotopic (exact) mass is 280 g/mol. The van der Waals surface area contributed by atoms with Gasteiger partial charge in [0.05, 0.1) is 23.6 Å². The standard InChI is InChI=1S/C13H16N2O3S/c1-15(2)12(17)8-14-13(18)10-7-11(19-9-10)5-3-4-6-16/h7,9,16H,4,6,8H2,1-2H3,(H,14,18). The van der Waals surface area contributed by atoms with Crippen molar-refractivity contribution in [2.75, 3.05) is 27.2 Å². The molecule has 0 fully saturated rings. The lowest BCUT2D eigenvalue weighted by atomic mass is 10.3. The fourth-order valence-corrected chi connectivity index (χ4v) is 1.90. The van der Waals surface area contributed by atoms with Crippen LogP contribution in [0.2, 0.25) is 0 Å². The van der Waals surface area contributed by atoms with Crippen molar-refractivity contribution < 1.29 is 14.7 Å². The quantitative estimate of drug-likeness (QED) is 0.779. The van der Waals surface area contributed by atoms with Gasteiger partial charge in [-0.05, 0) is 6.07 Å². The summed E-state index contributed by atoms with van der Waals surface area (Å²) in [5, 5.41) is 12.8. The molecule has 0 radical (unpaired) electrons. The molecule has 0 unspecified atom stereocenters. The van der Waals surface area contributed by atoms with Crippen LogP contribution in [-0.4, -0.2) is 49.1 Å². The van der Waals surface area contributed by atoms with E-state index in [1.165, 1.54) is 16.2 Å². The Morgan fingerprint density at radius 1 is 1.47 bits per heavy atom. The normalized spacial score (nSPS) is 9.42. The highest BCUT2D eigenvalue weighted by molar-refractivity contribution is 7.10. The molecule has 19 heavy (non-hydrogen) atoms. The van der Waals surface area contributed by atoms with Gasteiger partial charge >= 0.3 is 0 Å². The summed E-state index contributed by atoms with van der Waals surface area (Å²) in [7, 11) is 3.27. The predicted molar refractivity (Wildman–Crippen MR) is 73.9 cm³/mol. The number of rotatable bonds is 4. The molecular formula is C13H16N2O3S. The molecule has 1 heterocycles. The van der Waals surface area contributed by atoms with Gasteiger partial charge in [0.1, 0.15) is 0 Å². The topological polar surface area (TPSA) is 69.6 Å². The van der Waals surface area contributed by atoms with Gasteiger partial charge in [0.15, 0.2) is 0 Å². The summed E-state index contributed by atoms with van der Waals surface area (Å²) in [5.41, 5.74) is 0.491. The first-order valence-corrected chi connectivity index (χ1v) is 6.59. The summed E-state index contributed by atoms with van der Waals surface area (Å²) in [6.45, 7) is 0.00553. The molecular weight excluding hydrogens is 264 g/mol. The number of nitrogens with zero attached hydrogens (tertiary/aromatic N) is 1. The Labute approximate surface area is 116 Å². The number of amides is 2. The van der Waals surface area contributed by atoms with Gasteiger partial charge in [-0.3, -0.25) is 9.59 Å². The third-order valence-corrected chi connectivity index (χ3v) is 3.05. The van der Waals surface area contributed by atoms with Crippen molar-refractivity contribution in [3.63, 3.8) is 0 Å². The molecule has 0 aliphatic heterocycles. The van der Waals surface area contributed by atoms with Gasteiger partial charge in [0, 0.05) is 25.9 Å². The van der Waals surface area contributed by atoms with Gasteiger partial charge in [-0.15, -0.1) is 11.3 Å². The maximum Gasteiger partial charge on any atom is 0.252 e. The summed E-state index contributed by atoms with van der Waals surface area (Å²) >= 11 is 1.36. The van der Waals surface area contributed by atoms with E-state index in [4.69, 9.17) is 5.11 Å². The minimum absolute atomic E-state index is 0.0206. The van der Waals surface area contributed by atoms with Gasteiger partial charge in [0.25, 0.3) is 5.91 Å². The van der Waals surface area contributed by atoms with Crippen LogP contribution in [0.5, 0.6) is 0 Å². The second kappa shape index (κ2) is 7.56. The molecule has 1 aromatic heterocycles. The summed E-state index contributed by atoms with van der Waals surface area (Å²) in [5.74, 6) is 5.19. The number of carbonyl (C=O) groups is 2. The van der Waals surface area contributed by atoms with Crippen molar-refractivity contribution in [3.05, 3.63) is 21.9 Å². The van der Waals surface area contributed by atoms with Crippen LogP contribution in [0.15, 0.2) is 11.4 Å². The van der Waals surface area contributed by atoms with E-state index >= 15 is 0 Å². The predicted octanol–water partition coefficient (Wildman–Crippen LogP) is 0.300. The van der Waals surface area contributed by atoms with Crippen LogP contribution >= 0.6 is 11.3 Å². The number of aliphatic hydroxyl groups excluding tert-OH is 1. The molecule has 0 aliphatic rings. The summed E-state index contributed by atoms with van der Waals surface area (Å²) in [6, 6.07) is 1.67. The lowest BCUT2D eigenvalue weighted by Gasteiger charge is -2.10. The zero-order valence-electron chi connectivity index (χ0n) is 10.9. The largest absolute Gasteiger partial charge is 0.395 e. The number of carbonyl (C=O) groups excluding carboxylic acids is 2. The van der Waals surface area contributed by atoms with E-state index in [2.05, 4.69) is 17.2 Å². The SMILES string of the molecule is CN(C)C(=O)CNC(=O)c1csc(C#CCCO)c1. The average molecular weight is 280 g/mol. The zero-order chi connectivity index (χ0) is 14.3. The average Bonchev–Trinajstić information content (AvgIpc) is 2.84. The maximum atomic E-state index is 11.8. The van der Waals surface area contributed by atoms with E-state index < -0.39 is 0 Å². The molecule has 102 valence electrons. The Balaban J connectivity index is 2.55. The van der Waals surface area contributed by atoms with Crippen molar-refractivity contribution >= 4 is 23.2 Å². The lowest BCUT2D eigenvalue weighted by Crippen LogP contribution is -2.36. The van der Waals surface area contributed by atoms with E-state index in [0.717, 1.165) is 4.88 Å². The van der Waals surface area contributed by atoms with E-state index in [9.17, 15) is 9.59 Å². The van der Waals surface area contributed by atoms with Crippen LogP contribution in [0.3, 0.4) is 0 Å². The van der Waals surface area contributed by atoms with Crippen LogP contribution in [0.25, 0.3) is 0 Å². The molecule has 2 amide bonds. The van der Waals surface area contributed by atoms with Crippen molar-refractivity contribution in [1.82, 2.24) is 10.2 Å². The summed E-state index contributed by atoms with van der Waals surface area (Å²) in [4.78, 5) is 25.3. The van der Waals surface area contributed by atoms with E-state index in [1.807, 2.05) is 0 Å². The first-order chi connectivity index (χ1) is 9.04. The second-order valence-corrected chi connectivity index (χ2v) is 4.86. The zero-order valence-corrected chi connectivity index (χ0v) is 11.7. The minimum atomic E-state index is -0.290. The number of thiophene rings is 1. The Kier molecular flexibility index (Phi) is 6.06. The molecule has 0 aliphatic carbocycles. The van der Waals surface area contributed by atoms with Gasteiger partial charge in [-0.2, -0.15) is 0 Å². The Morgan fingerprint density at radius 2 is 2.21 bits per heavy atom. The Morgan fingerprint density at radius 3 is 2.84 bits per heavy atom. The molecule has 0 atom stereocenters. The molecule has 5 nitrogen and oxygen atoms in total. The van der Waals surface area contributed by atoms with Crippen molar-refractivity contribution in [3.8, 4) is 11.8 Å². The third-order valence-electron chi connectivity index (χ3n) is 2.21. The highest BCUT2D eigenvalue weighted by atomic mass is 32.1. The molecule has 0 saturated heterocycles. The first-order valence-electron chi connectivity index (χ1n) is 5.71. The Hall–Kier alpha value is -1.84. The van der Waals surface area contributed by atoms with Crippen LogP contribution in [-0.2, 0) is 4.79 Å². The maximum absolute atomic E-state index is 11.8. The van der Waals surface area contributed by atoms with Crippen LogP contribution in [0.4, 0.5) is 0 Å². The minimum Gasteiger partial charge on any atom is -0.395 e. The number of nitrogens with one attached hydrogen (secondary N) is 1. The molecule has 0 saturated carbocycles. The molecule has 0 bridgehead atoms. The highest BCUT2D eigenvalue weighted by Crippen LogP contribution is 2.13. The van der Waals surface area contributed by atoms with Crippen LogP contribution in [0, 0.1) is 11.8 Å². The van der Waals surface area contributed by atoms with Gasteiger partial charge in [-0.1, -0.05) is 11.8 Å². The number of aliphatic hydroxyl groups is 1. The van der Waals surface area contributed by atoms with E-state index in [-0.39, 0.29) is 25.0 Å². The highest BCUT2D eigenvalue weighted by Gasteiger charge is 2.10. The fraction of sp³-hybridized carbons (Fsp3) is 0.385. The van der Waals surface area contributed by atoms with E-state index in [1.54, 1.807) is 25.5 Å². The van der Waals surface area contributed by atoms with E-state index in [0.29, 0.717) is 12.0 Å². The fourth-order valence-electron chi connectivity index (χ4n) is 1.14.